The average Bonchev–Trinajstić information content (AvgIpc) is 2.59. The van der Waals surface area contributed by atoms with E-state index in [-0.39, 0.29) is 6.61 Å². The zero-order valence-corrected chi connectivity index (χ0v) is 13.7. The maximum Gasteiger partial charge on any atom is 0.336 e. The van der Waals surface area contributed by atoms with E-state index in [1.54, 1.807) is 6.92 Å². The minimum absolute atomic E-state index is 0.0775. The number of carbonyl (C=O) groups excluding carboxylic acids is 3. The van der Waals surface area contributed by atoms with E-state index in [1.165, 1.54) is 6.08 Å². The Bertz CT molecular complexity index is 757. The zero-order valence-electron chi connectivity index (χ0n) is 13.7. The number of nitrogens with one attached hydrogen (secondary N) is 3. The quantitative estimate of drug-likeness (QED) is 0.564. The molecule has 3 N–H and O–H groups in total. The van der Waals surface area contributed by atoms with Crippen LogP contribution in [0.4, 0.5) is 4.79 Å². The number of urea groups is 1. The van der Waals surface area contributed by atoms with Crippen LogP contribution >= 0.6 is 0 Å². The van der Waals surface area contributed by atoms with Crippen LogP contribution in [0.15, 0.2) is 54.3 Å². The Hall–Kier alpha value is -3.09. The molecule has 7 nitrogen and oxygen atoms in total. The summed E-state index contributed by atoms with van der Waals surface area (Å²) in [6.45, 7) is 5.35. The fourth-order valence-corrected chi connectivity index (χ4v) is 3.33. The molecule has 0 spiro atoms. The highest BCUT2D eigenvalue weighted by Crippen LogP contribution is 2.39. The highest BCUT2D eigenvalue weighted by molar-refractivity contribution is 6.01. The molecular weight excluding hydrogens is 322 g/mol. The number of hydrogen-bond acceptors (Lipinski definition) is 5. The number of amides is 3. The van der Waals surface area contributed by atoms with Gasteiger partial charge >= 0.3 is 12.0 Å². The molecule has 130 valence electrons. The number of benzene rings is 1. The van der Waals surface area contributed by atoms with Crippen molar-refractivity contribution < 1.29 is 19.1 Å². The standard InChI is InChI=1S/C18H19N3O4/c1-3-9-25-17(23)12-10(2)19-15-14(16(22)21-18(24)20-15)13(12)11-7-5-4-6-8-11/h3-8,13-15,19H,1,9H2,2H3,(H2,20,21,22,24). The van der Waals surface area contributed by atoms with Crippen molar-refractivity contribution in [3.8, 4) is 0 Å². The van der Waals surface area contributed by atoms with Crippen molar-refractivity contribution in [1.29, 1.82) is 0 Å². The van der Waals surface area contributed by atoms with E-state index in [4.69, 9.17) is 4.74 Å². The number of imide groups is 1. The topological polar surface area (TPSA) is 96.5 Å². The molecule has 1 aromatic rings. The smallest absolute Gasteiger partial charge is 0.336 e. The summed E-state index contributed by atoms with van der Waals surface area (Å²) in [5, 5.41) is 8.02. The molecule has 3 unspecified atom stereocenters. The summed E-state index contributed by atoms with van der Waals surface area (Å²) < 4.78 is 5.21. The molecular formula is C18H19N3O4. The SMILES string of the molecule is C=CCOC(=O)C1=C(C)NC2NC(=O)NC(=O)C2C1c1ccccc1. The number of carbonyl (C=O) groups is 3. The Morgan fingerprint density at radius 3 is 2.64 bits per heavy atom. The van der Waals surface area contributed by atoms with Crippen molar-refractivity contribution in [2.75, 3.05) is 6.61 Å². The maximum atomic E-state index is 12.6. The molecule has 3 rings (SSSR count). The fourth-order valence-electron chi connectivity index (χ4n) is 3.33. The molecule has 2 heterocycles. The van der Waals surface area contributed by atoms with Crippen LogP contribution in [0, 0.1) is 5.92 Å². The average molecular weight is 341 g/mol. The van der Waals surface area contributed by atoms with Crippen molar-refractivity contribution >= 4 is 17.9 Å². The van der Waals surface area contributed by atoms with E-state index in [0.29, 0.717) is 11.3 Å². The molecule has 3 atom stereocenters. The van der Waals surface area contributed by atoms with Gasteiger partial charge in [0, 0.05) is 11.6 Å². The maximum absolute atomic E-state index is 12.6. The third-order valence-corrected chi connectivity index (χ3v) is 4.34. The molecule has 0 aromatic heterocycles. The van der Waals surface area contributed by atoms with Gasteiger partial charge in [-0.05, 0) is 12.5 Å². The molecule has 1 saturated heterocycles. The minimum Gasteiger partial charge on any atom is -0.458 e. The number of fused-ring (bicyclic) bond motifs is 1. The molecule has 25 heavy (non-hydrogen) atoms. The van der Waals surface area contributed by atoms with Crippen molar-refractivity contribution in [3.63, 3.8) is 0 Å². The van der Waals surface area contributed by atoms with Gasteiger partial charge in [-0.25, -0.2) is 9.59 Å². The van der Waals surface area contributed by atoms with Gasteiger partial charge in [0.2, 0.25) is 5.91 Å². The Balaban J connectivity index is 2.08. The van der Waals surface area contributed by atoms with Gasteiger partial charge in [-0.3, -0.25) is 10.1 Å². The van der Waals surface area contributed by atoms with Crippen molar-refractivity contribution in [2.24, 2.45) is 5.92 Å². The Morgan fingerprint density at radius 1 is 1.24 bits per heavy atom. The predicted molar refractivity (Wildman–Crippen MR) is 90.1 cm³/mol. The first-order valence-corrected chi connectivity index (χ1v) is 7.94. The van der Waals surface area contributed by atoms with Gasteiger partial charge in [0.25, 0.3) is 0 Å². The largest absolute Gasteiger partial charge is 0.458 e. The van der Waals surface area contributed by atoms with Crippen molar-refractivity contribution in [1.82, 2.24) is 16.0 Å². The van der Waals surface area contributed by atoms with Gasteiger partial charge < -0.3 is 15.4 Å². The Morgan fingerprint density at radius 2 is 1.96 bits per heavy atom. The summed E-state index contributed by atoms with van der Waals surface area (Å²) in [4.78, 5) is 36.8. The van der Waals surface area contributed by atoms with Crippen LogP contribution in [0.1, 0.15) is 18.4 Å². The molecule has 0 saturated carbocycles. The van der Waals surface area contributed by atoms with Crippen molar-refractivity contribution in [3.05, 3.63) is 59.8 Å². The highest BCUT2D eigenvalue weighted by atomic mass is 16.5. The van der Waals surface area contributed by atoms with Crippen LogP contribution in [0.5, 0.6) is 0 Å². The van der Waals surface area contributed by atoms with E-state index >= 15 is 0 Å². The van der Waals surface area contributed by atoms with E-state index in [1.807, 2.05) is 30.3 Å². The van der Waals surface area contributed by atoms with E-state index in [0.717, 1.165) is 5.56 Å². The summed E-state index contributed by atoms with van der Waals surface area (Å²) in [6.07, 6.45) is 0.889. The third kappa shape index (κ3) is 3.13. The second-order valence-electron chi connectivity index (χ2n) is 5.92. The summed E-state index contributed by atoms with van der Waals surface area (Å²) in [6, 6.07) is 8.68. The van der Waals surface area contributed by atoms with Crippen LogP contribution in [0.3, 0.4) is 0 Å². The number of hydrogen-bond donors (Lipinski definition) is 3. The lowest BCUT2D eigenvalue weighted by molar-refractivity contribution is -0.139. The lowest BCUT2D eigenvalue weighted by Gasteiger charge is -2.42. The minimum atomic E-state index is -0.671. The summed E-state index contributed by atoms with van der Waals surface area (Å²) in [7, 11) is 0. The lowest BCUT2D eigenvalue weighted by Crippen LogP contribution is -2.66. The second-order valence-corrected chi connectivity index (χ2v) is 5.92. The van der Waals surface area contributed by atoms with Crippen molar-refractivity contribution in [2.45, 2.75) is 19.0 Å². The first kappa shape index (κ1) is 16.8. The van der Waals surface area contributed by atoms with E-state index in [2.05, 4.69) is 22.5 Å². The molecule has 7 heteroatoms. The number of ether oxygens (including phenoxy) is 1. The van der Waals surface area contributed by atoms with Crippen LogP contribution in [0.2, 0.25) is 0 Å². The molecule has 1 fully saturated rings. The van der Waals surface area contributed by atoms with Crippen LogP contribution in [-0.2, 0) is 14.3 Å². The summed E-state index contributed by atoms with van der Waals surface area (Å²) in [5.41, 5.74) is 1.75. The van der Waals surface area contributed by atoms with Gasteiger partial charge in [0.05, 0.1) is 11.5 Å². The zero-order chi connectivity index (χ0) is 18.0. The molecule has 0 bridgehead atoms. The normalized spacial score (nSPS) is 25.2. The number of rotatable bonds is 4. The van der Waals surface area contributed by atoms with Gasteiger partial charge in [-0.1, -0.05) is 43.0 Å². The van der Waals surface area contributed by atoms with Gasteiger partial charge in [0.1, 0.15) is 12.8 Å². The number of esters is 1. The summed E-state index contributed by atoms with van der Waals surface area (Å²) >= 11 is 0. The van der Waals surface area contributed by atoms with Gasteiger partial charge in [-0.2, -0.15) is 0 Å². The molecule has 2 aliphatic rings. The van der Waals surface area contributed by atoms with Gasteiger partial charge in [0.15, 0.2) is 0 Å². The highest BCUT2D eigenvalue weighted by Gasteiger charge is 2.48. The predicted octanol–water partition coefficient (Wildman–Crippen LogP) is 1.16. The third-order valence-electron chi connectivity index (χ3n) is 4.34. The molecule has 0 aliphatic carbocycles. The van der Waals surface area contributed by atoms with Crippen LogP contribution in [-0.4, -0.2) is 30.7 Å². The molecule has 3 amide bonds. The second kappa shape index (κ2) is 6.80. The molecule has 0 radical (unpaired) electrons. The van der Waals surface area contributed by atoms with Gasteiger partial charge in [-0.15, -0.1) is 0 Å². The van der Waals surface area contributed by atoms with E-state index < -0.39 is 35.9 Å². The molecule has 1 aromatic carbocycles. The first-order valence-electron chi connectivity index (χ1n) is 7.94. The number of allylic oxidation sites excluding steroid dienone is 1. The van der Waals surface area contributed by atoms with E-state index in [9.17, 15) is 14.4 Å². The fraction of sp³-hybridized carbons (Fsp3) is 0.278. The Labute approximate surface area is 145 Å². The van der Waals surface area contributed by atoms with Crippen LogP contribution < -0.4 is 16.0 Å². The monoisotopic (exact) mass is 341 g/mol. The molecule has 2 aliphatic heterocycles. The Kier molecular flexibility index (Phi) is 4.56. The van der Waals surface area contributed by atoms with Crippen LogP contribution in [0.25, 0.3) is 0 Å². The first-order chi connectivity index (χ1) is 12.0. The summed E-state index contributed by atoms with van der Waals surface area (Å²) in [5.74, 6) is -2.15. The lowest BCUT2D eigenvalue weighted by atomic mass is 9.74.